The predicted octanol–water partition coefficient (Wildman–Crippen LogP) is 3.28. The molecule has 0 aliphatic carbocycles. The predicted molar refractivity (Wildman–Crippen MR) is 89.9 cm³/mol. The van der Waals surface area contributed by atoms with Crippen LogP contribution in [0.2, 0.25) is 5.02 Å². The van der Waals surface area contributed by atoms with Gasteiger partial charge in [0.25, 0.3) is 0 Å². The monoisotopic (exact) mass is 344 g/mol. The fourth-order valence-electron chi connectivity index (χ4n) is 2.19. The van der Waals surface area contributed by atoms with Crippen molar-refractivity contribution in [2.75, 3.05) is 11.1 Å². The van der Waals surface area contributed by atoms with Crippen LogP contribution in [0.1, 0.15) is 15.9 Å². The number of hydrogen-bond donors (Lipinski definition) is 3. The molecule has 0 unspecified atom stereocenters. The topological polar surface area (TPSA) is 114 Å². The number of anilines is 2. The van der Waals surface area contributed by atoms with Gasteiger partial charge in [0.1, 0.15) is 17.1 Å². The maximum atomic E-state index is 11.7. The Morgan fingerprint density at radius 3 is 2.62 bits per heavy atom. The zero-order valence-corrected chi connectivity index (χ0v) is 13.1. The van der Waals surface area contributed by atoms with Crippen molar-refractivity contribution in [1.82, 2.24) is 9.97 Å². The fourth-order valence-corrected chi connectivity index (χ4v) is 2.31. The van der Waals surface area contributed by atoms with Crippen LogP contribution in [0.3, 0.4) is 0 Å². The van der Waals surface area contributed by atoms with Crippen molar-refractivity contribution in [2.45, 2.75) is 6.54 Å². The van der Waals surface area contributed by atoms with E-state index < -0.39 is 5.97 Å². The van der Waals surface area contributed by atoms with Gasteiger partial charge in [0, 0.05) is 11.6 Å². The van der Waals surface area contributed by atoms with Crippen LogP contribution in [-0.2, 0) is 6.54 Å². The second-order valence-electron chi connectivity index (χ2n) is 4.92. The van der Waals surface area contributed by atoms with Gasteiger partial charge >= 0.3 is 5.97 Å². The maximum Gasteiger partial charge on any atom is 0.341 e. The molecule has 0 aliphatic rings. The number of aromatic carboxylic acids is 1. The van der Waals surface area contributed by atoms with Crippen LogP contribution in [0.4, 0.5) is 11.8 Å². The number of carboxylic acid groups (broad SMARTS) is 1. The molecule has 0 fully saturated rings. The van der Waals surface area contributed by atoms with Gasteiger partial charge in [0.05, 0.1) is 6.26 Å². The summed E-state index contributed by atoms with van der Waals surface area (Å²) in [4.78, 5) is 19.7. The third-order valence-corrected chi connectivity index (χ3v) is 3.52. The number of hydrogen-bond acceptors (Lipinski definition) is 6. The van der Waals surface area contributed by atoms with Crippen LogP contribution in [0.15, 0.2) is 47.1 Å². The summed E-state index contributed by atoms with van der Waals surface area (Å²) in [6.07, 6.45) is 1.43. The van der Waals surface area contributed by atoms with Gasteiger partial charge in [-0.2, -0.15) is 4.98 Å². The molecule has 3 aromatic rings. The highest BCUT2D eigenvalue weighted by atomic mass is 35.5. The van der Waals surface area contributed by atoms with Gasteiger partial charge in [-0.15, -0.1) is 0 Å². The zero-order chi connectivity index (χ0) is 17.1. The highest BCUT2D eigenvalue weighted by Crippen LogP contribution is 2.28. The average molecular weight is 345 g/mol. The van der Waals surface area contributed by atoms with E-state index in [1.54, 1.807) is 24.3 Å². The van der Waals surface area contributed by atoms with Gasteiger partial charge < -0.3 is 20.6 Å². The Labute approximate surface area is 142 Å². The smallest absolute Gasteiger partial charge is 0.341 e. The first-order chi connectivity index (χ1) is 11.5. The number of rotatable bonds is 5. The second-order valence-corrected chi connectivity index (χ2v) is 5.35. The molecule has 0 spiro atoms. The van der Waals surface area contributed by atoms with Crippen LogP contribution in [0, 0.1) is 0 Å². The summed E-state index contributed by atoms with van der Waals surface area (Å²) in [7, 11) is 0. The van der Waals surface area contributed by atoms with Crippen molar-refractivity contribution >= 4 is 29.3 Å². The third-order valence-electron chi connectivity index (χ3n) is 3.27. The standard InChI is InChI=1S/C16H13ClN4O3/c17-10-5-3-9(4-6-10)8-19-14-12(15(22)23)13(20-16(18)21-14)11-2-1-7-24-11/h1-7H,8H2,(H,22,23)(H3,18,19,20,21). The SMILES string of the molecule is Nc1nc(NCc2ccc(Cl)cc2)c(C(=O)O)c(-c2ccco2)n1. The molecule has 1 aromatic carbocycles. The van der Waals surface area contributed by atoms with Crippen LogP contribution in [0.5, 0.6) is 0 Å². The van der Waals surface area contributed by atoms with Crippen molar-refractivity contribution in [3.63, 3.8) is 0 Å². The Morgan fingerprint density at radius 2 is 2.00 bits per heavy atom. The van der Waals surface area contributed by atoms with Crippen molar-refractivity contribution in [3.8, 4) is 11.5 Å². The summed E-state index contributed by atoms with van der Waals surface area (Å²) in [6.45, 7) is 0.353. The minimum atomic E-state index is -1.18. The number of aromatic nitrogens is 2. The quantitative estimate of drug-likeness (QED) is 0.650. The lowest BCUT2D eigenvalue weighted by atomic mass is 10.1. The molecule has 0 bridgehead atoms. The normalized spacial score (nSPS) is 10.5. The number of nitrogens with two attached hydrogens (primary N) is 1. The summed E-state index contributed by atoms with van der Waals surface area (Å²) in [5.74, 6) is -0.808. The Morgan fingerprint density at radius 1 is 1.25 bits per heavy atom. The second kappa shape index (κ2) is 6.59. The van der Waals surface area contributed by atoms with Crippen LogP contribution < -0.4 is 11.1 Å². The third kappa shape index (κ3) is 3.31. The van der Waals surface area contributed by atoms with E-state index in [4.69, 9.17) is 21.8 Å². The van der Waals surface area contributed by atoms with Gasteiger partial charge in [0.2, 0.25) is 5.95 Å². The van der Waals surface area contributed by atoms with Crippen molar-refractivity contribution in [3.05, 3.63) is 58.8 Å². The molecule has 7 nitrogen and oxygen atoms in total. The molecule has 0 amide bonds. The summed E-state index contributed by atoms with van der Waals surface area (Å²) < 4.78 is 5.24. The summed E-state index contributed by atoms with van der Waals surface area (Å²) >= 11 is 5.85. The molecule has 3 rings (SSSR count). The van der Waals surface area contributed by atoms with Gasteiger partial charge in [0.15, 0.2) is 5.76 Å². The lowest BCUT2D eigenvalue weighted by Gasteiger charge is -2.12. The number of carbonyl (C=O) groups is 1. The zero-order valence-electron chi connectivity index (χ0n) is 12.4. The van der Waals surface area contributed by atoms with E-state index in [1.807, 2.05) is 12.1 Å². The molecule has 4 N–H and O–H groups in total. The van der Waals surface area contributed by atoms with E-state index >= 15 is 0 Å². The number of furan rings is 1. The average Bonchev–Trinajstić information content (AvgIpc) is 3.07. The number of halogens is 1. The number of nitrogens with one attached hydrogen (secondary N) is 1. The Hall–Kier alpha value is -3.06. The van der Waals surface area contributed by atoms with Crippen LogP contribution in [0.25, 0.3) is 11.5 Å². The highest BCUT2D eigenvalue weighted by Gasteiger charge is 2.22. The van der Waals surface area contributed by atoms with E-state index in [0.29, 0.717) is 17.3 Å². The Kier molecular flexibility index (Phi) is 4.35. The minimum Gasteiger partial charge on any atom is -0.477 e. The van der Waals surface area contributed by atoms with Gasteiger partial charge in [-0.05, 0) is 29.8 Å². The first-order valence-electron chi connectivity index (χ1n) is 6.97. The molecule has 2 aromatic heterocycles. The number of benzene rings is 1. The van der Waals surface area contributed by atoms with Gasteiger partial charge in [-0.3, -0.25) is 0 Å². The van der Waals surface area contributed by atoms with Gasteiger partial charge in [-0.25, -0.2) is 9.78 Å². The lowest BCUT2D eigenvalue weighted by Crippen LogP contribution is -2.13. The van der Waals surface area contributed by atoms with E-state index in [1.165, 1.54) is 6.26 Å². The summed E-state index contributed by atoms with van der Waals surface area (Å²) in [5.41, 5.74) is 6.64. The fraction of sp³-hybridized carbons (Fsp3) is 0.0625. The molecule has 0 saturated carbocycles. The molecule has 24 heavy (non-hydrogen) atoms. The first-order valence-corrected chi connectivity index (χ1v) is 7.35. The molecule has 2 heterocycles. The maximum absolute atomic E-state index is 11.7. The van der Waals surface area contributed by atoms with E-state index in [-0.39, 0.29) is 23.0 Å². The molecule has 0 radical (unpaired) electrons. The lowest BCUT2D eigenvalue weighted by molar-refractivity contribution is 0.0698. The number of nitrogens with zero attached hydrogens (tertiary/aromatic N) is 2. The molecule has 8 heteroatoms. The number of nitrogen functional groups attached to an aromatic ring is 1. The summed E-state index contributed by atoms with van der Waals surface area (Å²) in [6, 6.07) is 10.4. The first kappa shape index (κ1) is 15.8. The Balaban J connectivity index is 1.97. The van der Waals surface area contributed by atoms with Crippen molar-refractivity contribution in [2.24, 2.45) is 0 Å². The Bertz CT molecular complexity index is 864. The van der Waals surface area contributed by atoms with Crippen LogP contribution in [-0.4, -0.2) is 21.0 Å². The molecular weight excluding hydrogens is 332 g/mol. The molecule has 122 valence electrons. The minimum absolute atomic E-state index is 0.0509. The molecule has 0 aliphatic heterocycles. The summed E-state index contributed by atoms with van der Waals surface area (Å²) in [5, 5.41) is 13.1. The largest absolute Gasteiger partial charge is 0.477 e. The van der Waals surface area contributed by atoms with E-state index in [0.717, 1.165) is 5.56 Å². The molecular formula is C16H13ClN4O3. The van der Waals surface area contributed by atoms with Gasteiger partial charge in [-0.1, -0.05) is 23.7 Å². The van der Waals surface area contributed by atoms with Crippen LogP contribution >= 0.6 is 11.6 Å². The molecule has 0 saturated heterocycles. The van der Waals surface area contributed by atoms with Crippen molar-refractivity contribution in [1.29, 1.82) is 0 Å². The highest BCUT2D eigenvalue weighted by molar-refractivity contribution is 6.30. The van der Waals surface area contributed by atoms with E-state index in [9.17, 15) is 9.90 Å². The van der Waals surface area contributed by atoms with E-state index in [2.05, 4.69) is 15.3 Å². The number of carboxylic acids is 1. The van der Waals surface area contributed by atoms with Crippen molar-refractivity contribution < 1.29 is 14.3 Å². The molecule has 0 atom stereocenters.